The molecule has 2 atom stereocenters. The first kappa shape index (κ1) is 20.2. The van der Waals surface area contributed by atoms with Gasteiger partial charge in [0.15, 0.2) is 0 Å². The summed E-state index contributed by atoms with van der Waals surface area (Å²) in [6.07, 6.45) is 9.40. The average Bonchev–Trinajstić information content (AvgIpc) is 2.98. The molecule has 142 valence electrons. The van der Waals surface area contributed by atoms with Gasteiger partial charge >= 0.3 is 5.97 Å². The van der Waals surface area contributed by atoms with Crippen molar-refractivity contribution in [1.82, 2.24) is 4.90 Å². The van der Waals surface area contributed by atoms with E-state index in [1.807, 2.05) is 17.1 Å². The van der Waals surface area contributed by atoms with Gasteiger partial charge in [-0.05, 0) is 43.4 Å². The lowest BCUT2D eigenvalue weighted by molar-refractivity contribution is -0.128. The molecular weight excluding hydrogens is 330 g/mol. The van der Waals surface area contributed by atoms with Gasteiger partial charge in [0.25, 0.3) is 0 Å². The van der Waals surface area contributed by atoms with Crippen molar-refractivity contribution >= 4 is 11.9 Å². The number of benzene rings is 1. The van der Waals surface area contributed by atoms with Gasteiger partial charge in [0, 0.05) is 13.0 Å². The molecular formula is C21H29NO4. The van der Waals surface area contributed by atoms with Crippen LogP contribution in [0.1, 0.15) is 61.4 Å². The van der Waals surface area contributed by atoms with Gasteiger partial charge in [0.1, 0.15) is 0 Å². The third-order valence-corrected chi connectivity index (χ3v) is 4.87. The number of amides is 1. The number of carbonyl (C=O) groups is 2. The van der Waals surface area contributed by atoms with Crippen LogP contribution in [0.15, 0.2) is 36.4 Å². The van der Waals surface area contributed by atoms with Crippen molar-refractivity contribution in [1.29, 1.82) is 0 Å². The van der Waals surface area contributed by atoms with Gasteiger partial charge in [-0.2, -0.15) is 0 Å². The van der Waals surface area contributed by atoms with E-state index in [1.54, 1.807) is 24.3 Å². The summed E-state index contributed by atoms with van der Waals surface area (Å²) in [4.78, 5) is 24.9. The minimum Gasteiger partial charge on any atom is -0.478 e. The number of aromatic carboxylic acids is 1. The Balaban J connectivity index is 1.85. The van der Waals surface area contributed by atoms with E-state index in [9.17, 15) is 14.7 Å². The largest absolute Gasteiger partial charge is 0.478 e. The lowest BCUT2D eigenvalue weighted by Crippen LogP contribution is -2.33. The number of hydrogen-bond donors (Lipinski definition) is 2. The number of hydrogen-bond acceptors (Lipinski definition) is 3. The molecule has 2 N–H and O–H groups in total. The van der Waals surface area contributed by atoms with Crippen molar-refractivity contribution < 1.29 is 19.8 Å². The zero-order valence-electron chi connectivity index (χ0n) is 15.4. The van der Waals surface area contributed by atoms with Crippen LogP contribution in [0.4, 0.5) is 0 Å². The molecule has 0 saturated carbocycles. The highest BCUT2D eigenvalue weighted by Gasteiger charge is 2.28. The number of carboxylic acids is 1. The molecule has 5 heteroatoms. The molecule has 1 heterocycles. The summed E-state index contributed by atoms with van der Waals surface area (Å²) in [5, 5.41) is 18.9. The second kappa shape index (κ2) is 10.1. The summed E-state index contributed by atoms with van der Waals surface area (Å²) in [5.41, 5.74) is 1.29. The van der Waals surface area contributed by atoms with Crippen LogP contribution >= 0.6 is 0 Å². The number of carboxylic acid groups (broad SMARTS) is 1. The fourth-order valence-corrected chi connectivity index (χ4v) is 3.26. The molecule has 0 spiro atoms. The van der Waals surface area contributed by atoms with E-state index in [0.717, 1.165) is 31.2 Å². The van der Waals surface area contributed by atoms with E-state index in [0.29, 0.717) is 25.8 Å². The van der Waals surface area contributed by atoms with E-state index in [-0.39, 0.29) is 23.6 Å². The summed E-state index contributed by atoms with van der Waals surface area (Å²) >= 11 is 0. The summed E-state index contributed by atoms with van der Waals surface area (Å²) in [7, 11) is 0. The van der Waals surface area contributed by atoms with Crippen molar-refractivity contribution in [2.24, 2.45) is 0 Å². The molecule has 1 aliphatic rings. The molecule has 2 rings (SSSR count). The van der Waals surface area contributed by atoms with Gasteiger partial charge in [-0.15, -0.1) is 0 Å². The van der Waals surface area contributed by atoms with E-state index >= 15 is 0 Å². The Kier molecular flexibility index (Phi) is 7.85. The lowest BCUT2D eigenvalue weighted by atomic mass is 10.1. The summed E-state index contributed by atoms with van der Waals surface area (Å²) in [5.74, 6) is -0.772. The third kappa shape index (κ3) is 5.99. The Hall–Kier alpha value is -2.14. The molecule has 1 saturated heterocycles. The zero-order valence-corrected chi connectivity index (χ0v) is 15.4. The van der Waals surface area contributed by atoms with E-state index < -0.39 is 5.97 Å². The van der Waals surface area contributed by atoms with E-state index in [2.05, 4.69) is 6.92 Å². The second-order valence-electron chi connectivity index (χ2n) is 6.91. The molecule has 1 fully saturated rings. The summed E-state index contributed by atoms with van der Waals surface area (Å²) in [6.45, 7) is 2.73. The predicted octanol–water partition coefficient (Wildman–Crippen LogP) is 3.42. The number of nitrogens with zero attached hydrogens (tertiary/aromatic N) is 1. The topological polar surface area (TPSA) is 77.8 Å². The first-order valence-electron chi connectivity index (χ1n) is 9.47. The summed E-state index contributed by atoms with van der Waals surface area (Å²) in [6, 6.07) is 6.90. The molecule has 2 unspecified atom stereocenters. The quantitative estimate of drug-likeness (QED) is 0.628. The SMILES string of the molecule is CCCCC(O)C/C=C/C1CCC(=O)N1CCc1ccc(C(=O)O)cc1. The van der Waals surface area contributed by atoms with Gasteiger partial charge < -0.3 is 15.1 Å². The molecule has 1 aliphatic heterocycles. The van der Waals surface area contributed by atoms with Crippen LogP contribution in [0.5, 0.6) is 0 Å². The highest BCUT2D eigenvalue weighted by Crippen LogP contribution is 2.21. The fourth-order valence-electron chi connectivity index (χ4n) is 3.26. The van der Waals surface area contributed by atoms with Crippen LogP contribution in [0.3, 0.4) is 0 Å². The van der Waals surface area contributed by atoms with Gasteiger partial charge in [-0.1, -0.05) is 44.1 Å². The maximum absolute atomic E-state index is 12.2. The van der Waals surface area contributed by atoms with Crippen LogP contribution < -0.4 is 0 Å². The molecule has 0 aromatic heterocycles. The second-order valence-corrected chi connectivity index (χ2v) is 6.91. The molecule has 5 nitrogen and oxygen atoms in total. The maximum atomic E-state index is 12.2. The fraction of sp³-hybridized carbons (Fsp3) is 0.524. The smallest absolute Gasteiger partial charge is 0.335 e. The van der Waals surface area contributed by atoms with Crippen LogP contribution in [0, 0.1) is 0 Å². The standard InChI is InChI=1S/C21H29NO4/c1-2-3-6-19(23)7-4-5-18-12-13-20(24)22(18)15-14-16-8-10-17(11-9-16)21(25)26/h4-5,8-11,18-19,23H,2-3,6-7,12-15H2,1H3,(H,25,26)/b5-4+. The maximum Gasteiger partial charge on any atom is 0.335 e. The van der Waals surface area contributed by atoms with Crippen molar-refractivity contribution in [3.63, 3.8) is 0 Å². The Morgan fingerprint density at radius 2 is 2.08 bits per heavy atom. The lowest BCUT2D eigenvalue weighted by Gasteiger charge is -2.22. The first-order valence-corrected chi connectivity index (χ1v) is 9.47. The zero-order chi connectivity index (χ0) is 18.9. The van der Waals surface area contributed by atoms with E-state index in [1.165, 1.54) is 0 Å². The average molecular weight is 359 g/mol. The highest BCUT2D eigenvalue weighted by molar-refractivity contribution is 5.87. The minimum atomic E-state index is -0.933. The van der Waals surface area contributed by atoms with Crippen LogP contribution in [0.25, 0.3) is 0 Å². The van der Waals surface area contributed by atoms with E-state index in [4.69, 9.17) is 5.11 Å². The molecule has 0 aliphatic carbocycles. The summed E-state index contributed by atoms with van der Waals surface area (Å²) < 4.78 is 0. The third-order valence-electron chi connectivity index (χ3n) is 4.87. The molecule has 1 amide bonds. The number of likely N-dealkylation sites (tertiary alicyclic amines) is 1. The highest BCUT2D eigenvalue weighted by atomic mass is 16.4. The van der Waals surface area contributed by atoms with Crippen LogP contribution in [0.2, 0.25) is 0 Å². The van der Waals surface area contributed by atoms with Gasteiger partial charge in [0.05, 0.1) is 17.7 Å². The van der Waals surface area contributed by atoms with Crippen LogP contribution in [-0.4, -0.2) is 45.7 Å². The molecule has 0 radical (unpaired) electrons. The predicted molar refractivity (Wildman–Crippen MR) is 101 cm³/mol. The Bertz CT molecular complexity index is 623. The van der Waals surface area contributed by atoms with Gasteiger partial charge in [-0.3, -0.25) is 4.79 Å². The number of aliphatic hydroxyl groups is 1. The van der Waals surface area contributed by atoms with Crippen LogP contribution in [-0.2, 0) is 11.2 Å². The number of carbonyl (C=O) groups excluding carboxylic acids is 1. The number of rotatable bonds is 10. The monoisotopic (exact) mass is 359 g/mol. The van der Waals surface area contributed by atoms with Crippen molar-refractivity contribution in [3.05, 3.63) is 47.5 Å². The van der Waals surface area contributed by atoms with Gasteiger partial charge in [-0.25, -0.2) is 4.79 Å². The molecule has 0 bridgehead atoms. The molecule has 1 aromatic rings. The van der Waals surface area contributed by atoms with Gasteiger partial charge in [0.2, 0.25) is 5.91 Å². The molecule has 26 heavy (non-hydrogen) atoms. The van der Waals surface area contributed by atoms with Crippen molar-refractivity contribution in [2.45, 2.75) is 64.0 Å². The Morgan fingerprint density at radius 1 is 1.35 bits per heavy atom. The number of unbranched alkanes of at least 4 members (excludes halogenated alkanes) is 1. The Labute approximate surface area is 155 Å². The number of aliphatic hydroxyl groups excluding tert-OH is 1. The molecule has 1 aromatic carbocycles. The minimum absolute atomic E-state index is 0.0965. The van der Waals surface area contributed by atoms with Crippen molar-refractivity contribution in [3.8, 4) is 0 Å². The normalized spacial score (nSPS) is 18.6. The first-order chi connectivity index (χ1) is 12.5. The van der Waals surface area contributed by atoms with Crippen molar-refractivity contribution in [2.75, 3.05) is 6.54 Å². The Morgan fingerprint density at radius 3 is 2.73 bits per heavy atom.